The quantitative estimate of drug-likeness (QED) is 0.140. The number of benzene rings is 3. The summed E-state index contributed by atoms with van der Waals surface area (Å²) in [5.74, 6) is 1.85. The normalized spacial score (nSPS) is 25.7. The Morgan fingerprint density at radius 3 is 2.23 bits per heavy atom. The molecule has 5 aliphatic rings. The number of amides is 4. The Hall–Kier alpha value is -4.07. The zero-order valence-corrected chi connectivity index (χ0v) is 27.7. The second kappa shape index (κ2) is 12.5. The lowest BCUT2D eigenvalue weighted by molar-refractivity contribution is -0.122. The highest BCUT2D eigenvalue weighted by Crippen LogP contribution is 2.60. The number of allylic oxidation sites excluding steroid dienone is 1. The minimum Gasteiger partial charge on any atom is -0.493 e. The number of hydrogen-bond acceptors (Lipinski definition) is 5. The third kappa shape index (κ3) is 5.96. The molecule has 4 aliphatic carbocycles. The van der Waals surface area contributed by atoms with Gasteiger partial charge in [0.15, 0.2) is 11.5 Å². The van der Waals surface area contributed by atoms with Crippen LogP contribution in [0, 0.1) is 17.8 Å². The van der Waals surface area contributed by atoms with Crippen molar-refractivity contribution >= 4 is 52.8 Å². The van der Waals surface area contributed by atoms with Crippen LogP contribution in [-0.2, 0) is 28.0 Å². The van der Waals surface area contributed by atoms with E-state index in [-0.39, 0.29) is 17.6 Å². The fourth-order valence-corrected chi connectivity index (χ4v) is 9.13. The number of imide groups is 2. The predicted molar refractivity (Wildman–Crippen MR) is 183 cm³/mol. The van der Waals surface area contributed by atoms with Crippen molar-refractivity contribution in [3.8, 4) is 11.5 Å². The van der Waals surface area contributed by atoms with E-state index >= 15 is 0 Å². The minimum absolute atomic E-state index is 0.163. The van der Waals surface area contributed by atoms with Gasteiger partial charge < -0.3 is 9.47 Å². The van der Waals surface area contributed by atoms with Crippen molar-refractivity contribution in [3.63, 3.8) is 0 Å². The standard InChI is InChI=1S/C38H36Cl2N2O5/c1-3-4-26-14-22(16-33(46-2)34(26)47-21-27-5-8-29(39)17-32(27)40)15-31-35(43)41-37(45)42(36(31)44)30-9-6-28(7-10-30)38-18-23-11-24(19-38)13-25(12-23)20-38/h3,5-10,14-17,23-25H,1,4,11-13,18-21H2,2H3,(H,41,43,45)/b31-15+. The molecule has 8 rings (SSSR count). The van der Waals surface area contributed by atoms with E-state index in [1.54, 1.807) is 36.4 Å². The molecule has 0 spiro atoms. The van der Waals surface area contributed by atoms with Crippen LogP contribution in [0.15, 0.2) is 72.8 Å². The van der Waals surface area contributed by atoms with Crippen LogP contribution in [0.5, 0.6) is 11.5 Å². The highest BCUT2D eigenvalue weighted by atomic mass is 35.5. The molecule has 1 saturated heterocycles. The number of urea groups is 1. The van der Waals surface area contributed by atoms with Gasteiger partial charge in [-0.1, -0.05) is 47.5 Å². The van der Waals surface area contributed by atoms with Gasteiger partial charge in [-0.3, -0.25) is 14.9 Å². The first-order valence-corrected chi connectivity index (χ1v) is 16.8. The first kappa shape index (κ1) is 31.5. The number of hydrogen-bond donors (Lipinski definition) is 1. The fourth-order valence-electron chi connectivity index (χ4n) is 8.67. The van der Waals surface area contributed by atoms with Gasteiger partial charge in [0.25, 0.3) is 11.8 Å². The van der Waals surface area contributed by atoms with E-state index in [2.05, 4.69) is 24.0 Å². The number of nitrogens with one attached hydrogen (secondary N) is 1. The lowest BCUT2D eigenvalue weighted by atomic mass is 9.48. The molecule has 1 aliphatic heterocycles. The second-order valence-electron chi connectivity index (χ2n) is 13.4. The number of anilines is 1. The molecule has 3 aromatic rings. The Morgan fingerprint density at radius 1 is 0.936 bits per heavy atom. The molecule has 3 aromatic carbocycles. The molecule has 0 atom stereocenters. The maximum Gasteiger partial charge on any atom is 0.335 e. The summed E-state index contributed by atoms with van der Waals surface area (Å²) in [5.41, 5.74) is 3.75. The lowest BCUT2D eigenvalue weighted by Gasteiger charge is -2.57. The molecule has 242 valence electrons. The van der Waals surface area contributed by atoms with Crippen molar-refractivity contribution in [2.45, 2.75) is 57.0 Å². The average Bonchev–Trinajstić information content (AvgIpc) is 3.03. The van der Waals surface area contributed by atoms with Crippen LogP contribution in [0.4, 0.5) is 10.5 Å². The van der Waals surface area contributed by atoms with Gasteiger partial charge in [0.2, 0.25) is 0 Å². The summed E-state index contributed by atoms with van der Waals surface area (Å²) < 4.78 is 11.8. The second-order valence-corrected chi connectivity index (χ2v) is 14.3. The van der Waals surface area contributed by atoms with Gasteiger partial charge >= 0.3 is 6.03 Å². The lowest BCUT2D eigenvalue weighted by Crippen LogP contribution is -2.54. The highest BCUT2D eigenvalue weighted by Gasteiger charge is 2.51. The molecule has 0 radical (unpaired) electrons. The number of barbiturate groups is 1. The predicted octanol–water partition coefficient (Wildman–Crippen LogP) is 8.44. The molecular weight excluding hydrogens is 635 g/mol. The van der Waals surface area contributed by atoms with Gasteiger partial charge in [-0.25, -0.2) is 9.69 Å². The van der Waals surface area contributed by atoms with E-state index < -0.39 is 17.8 Å². The van der Waals surface area contributed by atoms with E-state index in [1.807, 2.05) is 12.1 Å². The van der Waals surface area contributed by atoms with Gasteiger partial charge in [0.1, 0.15) is 12.2 Å². The van der Waals surface area contributed by atoms with Crippen molar-refractivity contribution in [3.05, 3.63) is 105 Å². The van der Waals surface area contributed by atoms with Crippen molar-refractivity contribution in [2.24, 2.45) is 17.8 Å². The largest absolute Gasteiger partial charge is 0.493 e. The molecule has 1 heterocycles. The number of carbonyl (C=O) groups is 3. The molecule has 5 fully saturated rings. The maximum atomic E-state index is 13.8. The van der Waals surface area contributed by atoms with E-state index in [0.717, 1.165) is 33.8 Å². The van der Waals surface area contributed by atoms with Crippen LogP contribution >= 0.6 is 23.2 Å². The van der Waals surface area contributed by atoms with Crippen LogP contribution in [0.25, 0.3) is 6.08 Å². The number of nitrogens with zero attached hydrogens (tertiary/aromatic N) is 1. The van der Waals surface area contributed by atoms with E-state index in [0.29, 0.717) is 39.2 Å². The number of ether oxygens (including phenoxy) is 2. The molecule has 9 heteroatoms. The van der Waals surface area contributed by atoms with Crippen molar-refractivity contribution < 1.29 is 23.9 Å². The van der Waals surface area contributed by atoms with Crippen molar-refractivity contribution in [1.82, 2.24) is 5.32 Å². The smallest absolute Gasteiger partial charge is 0.335 e. The maximum absolute atomic E-state index is 13.8. The molecule has 4 saturated carbocycles. The average molecular weight is 672 g/mol. The molecule has 0 aromatic heterocycles. The molecule has 7 nitrogen and oxygen atoms in total. The van der Waals surface area contributed by atoms with E-state index in [9.17, 15) is 14.4 Å². The van der Waals surface area contributed by atoms with Crippen molar-refractivity contribution in [1.29, 1.82) is 0 Å². The highest BCUT2D eigenvalue weighted by molar-refractivity contribution is 6.39. The zero-order valence-electron chi connectivity index (χ0n) is 26.2. The Kier molecular flexibility index (Phi) is 8.39. The first-order chi connectivity index (χ1) is 22.7. The van der Waals surface area contributed by atoms with Crippen LogP contribution in [0.1, 0.15) is 60.8 Å². The van der Waals surface area contributed by atoms with Crippen LogP contribution in [0.2, 0.25) is 10.0 Å². The molecule has 47 heavy (non-hydrogen) atoms. The van der Waals surface area contributed by atoms with E-state index in [4.69, 9.17) is 32.7 Å². The van der Waals surface area contributed by atoms with Crippen molar-refractivity contribution in [2.75, 3.05) is 12.0 Å². The Balaban J connectivity index is 1.16. The first-order valence-electron chi connectivity index (χ1n) is 16.1. The molecule has 4 bridgehead atoms. The summed E-state index contributed by atoms with van der Waals surface area (Å²) in [7, 11) is 1.51. The van der Waals surface area contributed by atoms with Crippen LogP contribution < -0.4 is 19.7 Å². The third-order valence-corrected chi connectivity index (χ3v) is 10.9. The van der Waals surface area contributed by atoms with Gasteiger partial charge in [0.05, 0.1) is 12.8 Å². The Morgan fingerprint density at radius 2 is 1.62 bits per heavy atom. The third-order valence-electron chi connectivity index (χ3n) is 10.3. The number of rotatable bonds is 9. The number of methoxy groups -OCH3 is 1. The Bertz CT molecular complexity index is 1780. The number of halogens is 2. The monoisotopic (exact) mass is 670 g/mol. The van der Waals surface area contributed by atoms with Crippen LogP contribution in [-0.4, -0.2) is 25.0 Å². The zero-order chi connectivity index (χ0) is 32.9. The summed E-state index contributed by atoms with van der Waals surface area (Å²) in [6, 6.07) is 15.7. The molecule has 0 unspecified atom stereocenters. The molecule has 4 amide bonds. The van der Waals surface area contributed by atoms with E-state index in [1.165, 1.54) is 57.3 Å². The minimum atomic E-state index is -0.769. The summed E-state index contributed by atoms with van der Waals surface area (Å²) in [4.78, 5) is 40.9. The fraction of sp³-hybridized carbons (Fsp3) is 0.342. The molecular formula is C38H36Cl2N2O5. The Labute approximate surface area is 284 Å². The van der Waals surface area contributed by atoms with Gasteiger partial charge in [-0.15, -0.1) is 6.58 Å². The van der Waals surface area contributed by atoms with Crippen LogP contribution in [0.3, 0.4) is 0 Å². The SMILES string of the molecule is C=CCc1cc(/C=C2\C(=O)NC(=O)N(c3ccc(C45CC6CC(CC(C6)C4)C5)cc3)C2=O)cc(OC)c1OCc1ccc(Cl)cc1Cl. The summed E-state index contributed by atoms with van der Waals surface area (Å²) >= 11 is 12.4. The van der Waals surface area contributed by atoms with Gasteiger partial charge in [0, 0.05) is 21.2 Å². The van der Waals surface area contributed by atoms with Gasteiger partial charge in [-0.2, -0.15) is 0 Å². The topological polar surface area (TPSA) is 84.9 Å². The molecule has 1 N–H and O–H groups in total. The summed E-state index contributed by atoms with van der Waals surface area (Å²) in [5, 5.41) is 3.35. The summed E-state index contributed by atoms with van der Waals surface area (Å²) in [6.45, 7) is 4.03. The summed E-state index contributed by atoms with van der Waals surface area (Å²) in [6.07, 6.45) is 11.4. The van der Waals surface area contributed by atoms with Gasteiger partial charge in [-0.05, 0) is 122 Å². The number of carbonyl (C=O) groups excluding carboxylic acids is 3.